The van der Waals surface area contributed by atoms with Crippen LogP contribution in [-0.4, -0.2) is 43.4 Å². The molecule has 4 heteroatoms. The van der Waals surface area contributed by atoms with E-state index in [0.717, 1.165) is 25.9 Å². The van der Waals surface area contributed by atoms with Gasteiger partial charge in [-0.25, -0.2) is 0 Å². The first kappa shape index (κ1) is 13.7. The number of aldehydes is 1. The fourth-order valence-electron chi connectivity index (χ4n) is 2.38. The van der Waals surface area contributed by atoms with Crippen LogP contribution in [-0.2, 0) is 14.3 Å². The molecule has 19 heavy (non-hydrogen) atoms. The van der Waals surface area contributed by atoms with E-state index < -0.39 is 11.9 Å². The first-order valence-electron chi connectivity index (χ1n) is 6.60. The van der Waals surface area contributed by atoms with Crippen LogP contribution in [0, 0.1) is 0 Å². The van der Waals surface area contributed by atoms with Gasteiger partial charge in [-0.1, -0.05) is 30.3 Å². The molecule has 2 rings (SSSR count). The molecule has 1 saturated heterocycles. The van der Waals surface area contributed by atoms with Gasteiger partial charge in [-0.2, -0.15) is 0 Å². The Morgan fingerprint density at radius 1 is 1.42 bits per heavy atom. The summed E-state index contributed by atoms with van der Waals surface area (Å²) in [5, 5.41) is 0. The molecule has 1 aromatic carbocycles. The summed E-state index contributed by atoms with van der Waals surface area (Å²) in [7, 11) is 2.01. The van der Waals surface area contributed by atoms with E-state index in [4.69, 9.17) is 4.74 Å². The van der Waals surface area contributed by atoms with Gasteiger partial charge in [0, 0.05) is 6.54 Å². The second-order valence-electron chi connectivity index (χ2n) is 4.99. The Labute approximate surface area is 113 Å². The molecule has 0 aromatic heterocycles. The van der Waals surface area contributed by atoms with Crippen LogP contribution in [0.3, 0.4) is 0 Å². The molecule has 2 atom stereocenters. The van der Waals surface area contributed by atoms with Crippen molar-refractivity contribution < 1.29 is 14.3 Å². The van der Waals surface area contributed by atoms with E-state index in [1.54, 1.807) is 12.1 Å². The average molecular weight is 261 g/mol. The van der Waals surface area contributed by atoms with Gasteiger partial charge in [-0.05, 0) is 32.0 Å². The van der Waals surface area contributed by atoms with E-state index >= 15 is 0 Å². The number of ether oxygens (including phenoxy) is 1. The van der Waals surface area contributed by atoms with Crippen LogP contribution in [0.2, 0.25) is 0 Å². The van der Waals surface area contributed by atoms with Crippen LogP contribution < -0.4 is 0 Å². The first-order chi connectivity index (χ1) is 9.20. The molecular weight excluding hydrogens is 242 g/mol. The van der Waals surface area contributed by atoms with Gasteiger partial charge in [0.1, 0.15) is 18.3 Å². The lowest BCUT2D eigenvalue weighted by molar-refractivity contribution is -0.153. The number of hydrogen-bond donors (Lipinski definition) is 0. The van der Waals surface area contributed by atoms with Crippen molar-refractivity contribution >= 4 is 12.3 Å². The molecule has 1 heterocycles. The molecule has 0 amide bonds. The van der Waals surface area contributed by atoms with Crippen molar-refractivity contribution in [3.63, 3.8) is 0 Å². The van der Waals surface area contributed by atoms with Crippen molar-refractivity contribution in [1.29, 1.82) is 0 Å². The zero-order chi connectivity index (χ0) is 13.7. The quantitative estimate of drug-likeness (QED) is 0.469. The van der Waals surface area contributed by atoms with E-state index in [2.05, 4.69) is 4.90 Å². The topological polar surface area (TPSA) is 46.6 Å². The number of benzene rings is 1. The van der Waals surface area contributed by atoms with Gasteiger partial charge in [0.25, 0.3) is 0 Å². The van der Waals surface area contributed by atoms with Gasteiger partial charge in [0.05, 0.1) is 0 Å². The number of carbonyl (C=O) groups is 2. The molecule has 4 nitrogen and oxygen atoms in total. The van der Waals surface area contributed by atoms with Crippen LogP contribution in [0.25, 0.3) is 0 Å². The van der Waals surface area contributed by atoms with Gasteiger partial charge in [0.15, 0.2) is 0 Å². The normalized spacial score (nSPS) is 21.6. The van der Waals surface area contributed by atoms with Crippen LogP contribution in [0.4, 0.5) is 0 Å². The Kier molecular flexibility index (Phi) is 4.68. The van der Waals surface area contributed by atoms with Gasteiger partial charge in [-0.3, -0.25) is 4.79 Å². The van der Waals surface area contributed by atoms with Crippen LogP contribution in [0.5, 0.6) is 0 Å². The predicted octanol–water partition coefficient (Wildman–Crippen LogP) is 1.61. The highest BCUT2D eigenvalue weighted by molar-refractivity contribution is 5.94. The third kappa shape index (κ3) is 3.64. The smallest absolute Gasteiger partial charge is 0.321 e. The highest BCUT2D eigenvalue weighted by Gasteiger charge is 2.26. The molecule has 0 saturated carbocycles. The van der Waals surface area contributed by atoms with E-state index in [0.29, 0.717) is 11.8 Å². The monoisotopic (exact) mass is 261 g/mol. The van der Waals surface area contributed by atoms with Crippen molar-refractivity contribution in [2.75, 3.05) is 20.1 Å². The third-order valence-corrected chi connectivity index (χ3v) is 3.41. The second kappa shape index (κ2) is 6.48. The van der Waals surface area contributed by atoms with Crippen molar-refractivity contribution in [2.24, 2.45) is 0 Å². The summed E-state index contributed by atoms with van der Waals surface area (Å²) in [6.45, 7) is 1.77. The van der Waals surface area contributed by atoms with Crippen molar-refractivity contribution in [3.8, 4) is 0 Å². The summed E-state index contributed by atoms with van der Waals surface area (Å²) in [5.74, 6) is -1.25. The van der Waals surface area contributed by atoms with Gasteiger partial charge >= 0.3 is 5.97 Å². The fourth-order valence-corrected chi connectivity index (χ4v) is 2.38. The Hall–Kier alpha value is -1.68. The number of rotatable bonds is 4. The molecule has 2 unspecified atom stereocenters. The van der Waals surface area contributed by atoms with Crippen LogP contribution in [0.15, 0.2) is 30.3 Å². The zero-order valence-corrected chi connectivity index (χ0v) is 11.1. The van der Waals surface area contributed by atoms with Gasteiger partial charge in [0.2, 0.25) is 0 Å². The number of likely N-dealkylation sites (tertiary alicyclic amines) is 1. The van der Waals surface area contributed by atoms with E-state index in [1.807, 2.05) is 25.2 Å². The lowest BCUT2D eigenvalue weighted by Crippen LogP contribution is -2.39. The zero-order valence-electron chi connectivity index (χ0n) is 11.1. The molecule has 0 N–H and O–H groups in total. The number of carbonyl (C=O) groups excluding carboxylic acids is 2. The Balaban J connectivity index is 1.99. The number of esters is 1. The molecular formula is C15H19NO3. The number of hydrogen-bond acceptors (Lipinski definition) is 4. The summed E-state index contributed by atoms with van der Waals surface area (Å²) < 4.78 is 5.46. The average Bonchev–Trinajstić information content (AvgIpc) is 2.41. The maximum Gasteiger partial charge on any atom is 0.321 e. The Bertz CT molecular complexity index is 432. The molecule has 1 fully saturated rings. The van der Waals surface area contributed by atoms with Crippen molar-refractivity contribution in [3.05, 3.63) is 35.9 Å². The molecule has 1 aliphatic heterocycles. The second-order valence-corrected chi connectivity index (χ2v) is 4.99. The number of piperidine rings is 1. The van der Waals surface area contributed by atoms with E-state index in [1.165, 1.54) is 0 Å². The maximum absolute atomic E-state index is 12.1. The van der Waals surface area contributed by atoms with Gasteiger partial charge in [-0.15, -0.1) is 0 Å². The van der Waals surface area contributed by atoms with E-state index in [9.17, 15) is 9.59 Å². The summed E-state index contributed by atoms with van der Waals surface area (Å²) in [4.78, 5) is 25.4. The van der Waals surface area contributed by atoms with Crippen molar-refractivity contribution in [1.82, 2.24) is 4.90 Å². The molecule has 1 aromatic rings. The van der Waals surface area contributed by atoms with Gasteiger partial charge < -0.3 is 14.4 Å². The molecule has 102 valence electrons. The summed E-state index contributed by atoms with van der Waals surface area (Å²) in [6.07, 6.45) is 2.45. The van der Waals surface area contributed by atoms with Crippen molar-refractivity contribution in [2.45, 2.75) is 24.9 Å². The minimum Gasteiger partial charge on any atom is -0.460 e. The summed E-state index contributed by atoms with van der Waals surface area (Å²) in [5.41, 5.74) is 0.687. The van der Waals surface area contributed by atoms with Crippen LogP contribution >= 0.6 is 0 Å². The lowest BCUT2D eigenvalue weighted by Gasteiger charge is -2.29. The van der Waals surface area contributed by atoms with Crippen LogP contribution in [0.1, 0.15) is 24.3 Å². The molecule has 1 aliphatic rings. The molecule has 0 aliphatic carbocycles. The predicted molar refractivity (Wildman–Crippen MR) is 71.9 cm³/mol. The largest absolute Gasteiger partial charge is 0.460 e. The summed E-state index contributed by atoms with van der Waals surface area (Å²) >= 11 is 0. The Morgan fingerprint density at radius 2 is 2.16 bits per heavy atom. The maximum atomic E-state index is 12.1. The highest BCUT2D eigenvalue weighted by atomic mass is 16.5. The highest BCUT2D eigenvalue weighted by Crippen LogP contribution is 2.18. The number of nitrogens with zero attached hydrogens (tertiary/aromatic N) is 1. The molecule has 0 radical (unpaired) electrons. The minimum atomic E-state index is -0.812. The Morgan fingerprint density at radius 3 is 2.79 bits per heavy atom. The fraction of sp³-hybridized carbons (Fsp3) is 0.467. The first-order valence-corrected chi connectivity index (χ1v) is 6.60. The summed E-state index contributed by atoms with van der Waals surface area (Å²) in [6, 6.07) is 9.02. The molecule has 0 bridgehead atoms. The minimum absolute atomic E-state index is 0.0996. The lowest BCUT2D eigenvalue weighted by atomic mass is 10.0. The standard InChI is InChI=1S/C15H19NO3/c1-16-9-5-8-13(10-16)19-15(18)14(11-17)12-6-3-2-4-7-12/h2-4,6-7,11,13-14H,5,8-10H2,1H3. The molecule has 0 spiro atoms. The number of likely N-dealkylation sites (N-methyl/N-ethyl adjacent to an activating group) is 1. The third-order valence-electron chi connectivity index (χ3n) is 3.41. The SMILES string of the molecule is CN1CCCC(OC(=O)C(C=O)c2ccccc2)C1. The van der Waals surface area contributed by atoms with E-state index in [-0.39, 0.29) is 6.10 Å².